The molecule has 1 heterocycles. The highest BCUT2D eigenvalue weighted by Gasteiger charge is 2.50. The van der Waals surface area contributed by atoms with Crippen LogP contribution in [0.25, 0.3) is 0 Å². The van der Waals surface area contributed by atoms with Crippen LogP contribution in [-0.4, -0.2) is 89.2 Å². The number of ether oxygens (including phenoxy) is 5. The summed E-state index contributed by atoms with van der Waals surface area (Å²) < 4.78 is 28.5. The smallest absolute Gasteiger partial charge is 0.335 e. The van der Waals surface area contributed by atoms with Crippen molar-refractivity contribution in [2.45, 2.75) is 366 Å². The molecule has 0 spiro atoms. The zero-order valence-electron chi connectivity index (χ0n) is 50.0. The van der Waals surface area contributed by atoms with Gasteiger partial charge in [-0.25, -0.2) is 4.79 Å². The number of hydrogen-bond donors (Lipinski definition) is 3. The van der Waals surface area contributed by atoms with Gasteiger partial charge in [-0.05, 0) is 44.9 Å². The second kappa shape index (κ2) is 54.1. The van der Waals surface area contributed by atoms with E-state index in [1.165, 1.54) is 193 Å². The van der Waals surface area contributed by atoms with Crippen LogP contribution in [0.4, 0.5) is 0 Å². The van der Waals surface area contributed by atoms with Gasteiger partial charge in [-0.15, -0.1) is 0 Å². The SMILES string of the molecule is CCCCCCCC/C=C\CCCCCCCC(=O)OCC(COC1OC(C(=O)O)C(O)C(O)C1OC(=O)CCCCCCCCCCCCCCCCCCCCC)OC(=O)CCCCCCCCCCCCCCC. The zero-order chi connectivity index (χ0) is 56.1. The van der Waals surface area contributed by atoms with E-state index in [0.29, 0.717) is 19.3 Å². The molecule has 12 heteroatoms. The highest BCUT2D eigenvalue weighted by Crippen LogP contribution is 2.27. The van der Waals surface area contributed by atoms with Crippen LogP contribution in [0, 0.1) is 0 Å². The number of esters is 3. The maximum absolute atomic E-state index is 13.2. The molecule has 3 N–H and O–H groups in total. The first-order valence-corrected chi connectivity index (χ1v) is 32.7. The van der Waals surface area contributed by atoms with Crippen molar-refractivity contribution in [2.75, 3.05) is 13.2 Å². The minimum atomic E-state index is -1.90. The van der Waals surface area contributed by atoms with E-state index < -0.39 is 67.3 Å². The maximum atomic E-state index is 13.2. The van der Waals surface area contributed by atoms with Crippen molar-refractivity contribution in [3.8, 4) is 0 Å². The Morgan fingerprint density at radius 2 is 0.740 bits per heavy atom. The van der Waals surface area contributed by atoms with E-state index >= 15 is 0 Å². The van der Waals surface area contributed by atoms with Gasteiger partial charge >= 0.3 is 23.9 Å². The van der Waals surface area contributed by atoms with Gasteiger partial charge in [0.15, 0.2) is 24.6 Å². The van der Waals surface area contributed by atoms with Crippen molar-refractivity contribution in [2.24, 2.45) is 0 Å². The van der Waals surface area contributed by atoms with Crippen molar-refractivity contribution >= 4 is 23.9 Å². The number of allylic oxidation sites excluding steroid dienone is 2. The molecule has 12 nitrogen and oxygen atoms in total. The number of aliphatic carboxylic acids is 1. The number of carboxylic acid groups (broad SMARTS) is 1. The maximum Gasteiger partial charge on any atom is 0.335 e. The van der Waals surface area contributed by atoms with E-state index in [2.05, 4.69) is 32.9 Å². The molecule has 0 aromatic heterocycles. The van der Waals surface area contributed by atoms with Gasteiger partial charge in [-0.2, -0.15) is 0 Å². The highest BCUT2D eigenvalue weighted by atomic mass is 16.7. The van der Waals surface area contributed by atoms with Crippen LogP contribution in [0.3, 0.4) is 0 Å². The summed E-state index contributed by atoms with van der Waals surface area (Å²) in [4.78, 5) is 51.2. The lowest BCUT2D eigenvalue weighted by molar-refractivity contribution is -0.301. The number of hydrogen-bond acceptors (Lipinski definition) is 11. The molecule has 1 aliphatic heterocycles. The first-order chi connectivity index (χ1) is 37.6. The Labute approximate surface area is 471 Å². The molecule has 0 bridgehead atoms. The lowest BCUT2D eigenvalue weighted by Gasteiger charge is -2.40. The molecule has 0 saturated carbocycles. The topological polar surface area (TPSA) is 175 Å². The van der Waals surface area contributed by atoms with Crippen LogP contribution in [0.15, 0.2) is 12.2 Å². The molecule has 1 saturated heterocycles. The van der Waals surface area contributed by atoms with E-state index in [4.69, 9.17) is 23.7 Å². The Hall–Kier alpha value is -2.54. The fraction of sp³-hybridized carbons (Fsp3) is 0.908. The Morgan fingerprint density at radius 1 is 0.416 bits per heavy atom. The third-order valence-electron chi connectivity index (χ3n) is 15.3. The molecule has 0 aromatic rings. The first kappa shape index (κ1) is 72.5. The highest BCUT2D eigenvalue weighted by molar-refractivity contribution is 5.74. The van der Waals surface area contributed by atoms with E-state index in [-0.39, 0.29) is 25.9 Å². The van der Waals surface area contributed by atoms with Crippen LogP contribution < -0.4 is 0 Å². The summed E-state index contributed by atoms with van der Waals surface area (Å²) >= 11 is 0. The van der Waals surface area contributed by atoms with Crippen molar-refractivity contribution in [3.63, 3.8) is 0 Å². The quantitative estimate of drug-likeness (QED) is 0.0228. The monoisotopic (exact) mass is 1090 g/mol. The van der Waals surface area contributed by atoms with Gasteiger partial charge in [0.05, 0.1) is 6.61 Å². The van der Waals surface area contributed by atoms with Gasteiger partial charge in [-0.3, -0.25) is 14.4 Å². The summed E-state index contributed by atoms with van der Waals surface area (Å²) in [6, 6.07) is 0. The molecule has 0 aliphatic carbocycles. The summed E-state index contributed by atoms with van der Waals surface area (Å²) in [5, 5.41) is 31.6. The van der Waals surface area contributed by atoms with E-state index in [9.17, 15) is 34.5 Å². The normalized spacial score (nSPS) is 18.0. The molecule has 1 aliphatic rings. The summed E-state index contributed by atoms with van der Waals surface area (Å²) in [6.07, 6.45) is 48.9. The number of aliphatic hydroxyl groups is 2. The minimum Gasteiger partial charge on any atom is -0.479 e. The molecule has 0 radical (unpaired) electrons. The van der Waals surface area contributed by atoms with Gasteiger partial charge in [0.25, 0.3) is 0 Å². The van der Waals surface area contributed by atoms with Crippen LogP contribution in [0.1, 0.15) is 329 Å². The molecule has 452 valence electrons. The molecular weight excluding hydrogens is 973 g/mol. The first-order valence-electron chi connectivity index (χ1n) is 32.7. The van der Waals surface area contributed by atoms with Gasteiger partial charge in [-0.1, -0.05) is 277 Å². The average molecular weight is 1090 g/mol. The molecule has 6 unspecified atom stereocenters. The number of carbonyl (C=O) groups is 4. The Kier molecular flexibility index (Phi) is 50.9. The standard InChI is InChI=1S/C65H120O12/c1-4-7-10-13-16-19-22-25-27-28-29-30-32-35-38-41-44-47-50-53-59(68)76-63-61(70)60(69)62(64(71)72)77-65(63)74-55-56(75-58(67)52-49-46-43-40-37-33-24-21-18-15-12-9-6-3)54-73-57(66)51-48-45-42-39-36-34-31-26-23-20-17-14-11-8-5-2/h26,31,56,60-63,65,69-70H,4-25,27-30,32-55H2,1-3H3,(H,71,72)/b31-26-. The Balaban J connectivity index is 2.62. The van der Waals surface area contributed by atoms with Gasteiger partial charge in [0.2, 0.25) is 0 Å². The van der Waals surface area contributed by atoms with E-state index in [1.807, 2.05) is 0 Å². The third-order valence-corrected chi connectivity index (χ3v) is 15.3. The summed E-state index contributed by atoms with van der Waals surface area (Å²) in [6.45, 7) is 6.04. The predicted octanol–water partition coefficient (Wildman–Crippen LogP) is 17.2. The van der Waals surface area contributed by atoms with Crippen LogP contribution in [-0.2, 0) is 42.9 Å². The molecule has 0 amide bonds. The van der Waals surface area contributed by atoms with Gasteiger partial charge < -0.3 is 39.0 Å². The molecule has 77 heavy (non-hydrogen) atoms. The predicted molar refractivity (Wildman–Crippen MR) is 313 cm³/mol. The van der Waals surface area contributed by atoms with Crippen molar-refractivity contribution in [1.29, 1.82) is 0 Å². The summed E-state index contributed by atoms with van der Waals surface area (Å²) in [5.74, 6) is -3.08. The lowest BCUT2D eigenvalue weighted by Crippen LogP contribution is -2.61. The zero-order valence-corrected chi connectivity index (χ0v) is 50.0. The second-order valence-electron chi connectivity index (χ2n) is 22.8. The second-order valence-corrected chi connectivity index (χ2v) is 22.8. The van der Waals surface area contributed by atoms with E-state index in [0.717, 1.165) is 77.0 Å². The van der Waals surface area contributed by atoms with Crippen LogP contribution >= 0.6 is 0 Å². The van der Waals surface area contributed by atoms with Gasteiger partial charge in [0.1, 0.15) is 18.8 Å². The summed E-state index contributed by atoms with van der Waals surface area (Å²) in [5.41, 5.74) is 0. The molecule has 1 fully saturated rings. The van der Waals surface area contributed by atoms with Crippen LogP contribution in [0.2, 0.25) is 0 Å². The minimum absolute atomic E-state index is 0.0688. The average Bonchev–Trinajstić information content (AvgIpc) is 3.42. The largest absolute Gasteiger partial charge is 0.479 e. The number of aliphatic hydroxyl groups excluding tert-OH is 2. The third kappa shape index (κ3) is 43.9. The van der Waals surface area contributed by atoms with Crippen molar-refractivity contribution < 1.29 is 58.2 Å². The Bertz CT molecular complexity index is 1390. The van der Waals surface area contributed by atoms with Crippen molar-refractivity contribution in [1.82, 2.24) is 0 Å². The molecular formula is C65H120O12. The summed E-state index contributed by atoms with van der Waals surface area (Å²) in [7, 11) is 0. The number of carboxylic acids is 1. The van der Waals surface area contributed by atoms with E-state index in [1.54, 1.807) is 0 Å². The molecule has 0 aromatic carbocycles. The fourth-order valence-electron chi connectivity index (χ4n) is 10.3. The Morgan fingerprint density at radius 3 is 1.10 bits per heavy atom. The number of unbranched alkanes of at least 4 members (excludes halogenated alkanes) is 41. The number of rotatable bonds is 57. The molecule has 1 rings (SSSR count). The lowest BCUT2D eigenvalue weighted by atomic mass is 9.98. The fourth-order valence-corrected chi connectivity index (χ4v) is 10.3. The van der Waals surface area contributed by atoms with Crippen molar-refractivity contribution in [3.05, 3.63) is 12.2 Å². The number of carbonyl (C=O) groups excluding carboxylic acids is 3. The van der Waals surface area contributed by atoms with Crippen LogP contribution in [0.5, 0.6) is 0 Å². The van der Waals surface area contributed by atoms with Gasteiger partial charge in [0, 0.05) is 19.3 Å². The molecule has 6 atom stereocenters.